The Morgan fingerprint density at radius 1 is 0.690 bits per heavy atom. The molecule has 0 aliphatic heterocycles. The minimum atomic E-state index is 0.0333. The molecular formula is C26H45NO2. The van der Waals surface area contributed by atoms with Crippen molar-refractivity contribution in [2.24, 2.45) is 0 Å². The van der Waals surface area contributed by atoms with Crippen molar-refractivity contribution in [3.8, 4) is 5.75 Å². The van der Waals surface area contributed by atoms with Gasteiger partial charge in [-0.2, -0.15) is 0 Å². The molecule has 0 aliphatic rings. The number of aromatic hydroxyl groups is 1. The van der Waals surface area contributed by atoms with Crippen LogP contribution in [0.25, 0.3) is 0 Å². The van der Waals surface area contributed by atoms with Crippen molar-refractivity contribution in [1.82, 2.24) is 4.90 Å². The van der Waals surface area contributed by atoms with Crippen LogP contribution in [0.3, 0.4) is 0 Å². The zero-order chi connectivity index (χ0) is 21.2. The maximum atomic E-state index is 12.3. The zero-order valence-electron chi connectivity index (χ0n) is 19.1. The topological polar surface area (TPSA) is 40.5 Å². The molecule has 1 amide bonds. The molecule has 1 N–H and O–H groups in total. The first kappa shape index (κ1) is 25.5. The van der Waals surface area contributed by atoms with E-state index in [0.717, 1.165) is 13.0 Å². The molecule has 0 heterocycles. The van der Waals surface area contributed by atoms with Crippen LogP contribution in [0.1, 0.15) is 120 Å². The summed E-state index contributed by atoms with van der Waals surface area (Å²) in [5.41, 5.74) is 0.641. The van der Waals surface area contributed by atoms with Gasteiger partial charge in [-0.3, -0.25) is 4.79 Å². The van der Waals surface area contributed by atoms with Gasteiger partial charge >= 0.3 is 0 Å². The number of rotatable bonds is 18. The number of benzene rings is 1. The van der Waals surface area contributed by atoms with E-state index in [-0.39, 0.29) is 11.7 Å². The molecular weight excluding hydrogens is 358 g/mol. The number of amides is 1. The van der Waals surface area contributed by atoms with Gasteiger partial charge in [0.05, 0.1) is 0 Å². The Kier molecular flexibility index (Phi) is 15.3. The molecule has 0 saturated carbocycles. The normalized spacial score (nSPS) is 11.0. The highest BCUT2D eigenvalue weighted by Crippen LogP contribution is 2.14. The van der Waals surface area contributed by atoms with Gasteiger partial charge < -0.3 is 10.0 Å². The second-order valence-electron chi connectivity index (χ2n) is 8.58. The van der Waals surface area contributed by atoms with Crippen molar-refractivity contribution in [2.75, 3.05) is 13.6 Å². The van der Waals surface area contributed by atoms with Crippen LogP contribution in [0.5, 0.6) is 5.75 Å². The van der Waals surface area contributed by atoms with E-state index in [1.165, 1.54) is 96.3 Å². The van der Waals surface area contributed by atoms with Crippen LogP contribution in [0.4, 0.5) is 0 Å². The van der Waals surface area contributed by atoms with Gasteiger partial charge in [-0.05, 0) is 30.7 Å². The fourth-order valence-corrected chi connectivity index (χ4v) is 3.82. The van der Waals surface area contributed by atoms with Crippen molar-refractivity contribution >= 4 is 5.91 Å². The molecule has 1 aromatic rings. The third kappa shape index (κ3) is 13.4. The summed E-state index contributed by atoms with van der Waals surface area (Å²) in [4.78, 5) is 14.1. The second kappa shape index (κ2) is 17.4. The Bertz CT molecular complexity index is 512. The van der Waals surface area contributed by atoms with Crippen molar-refractivity contribution in [3.63, 3.8) is 0 Å². The Hall–Kier alpha value is -1.51. The summed E-state index contributed by atoms with van der Waals surface area (Å²) in [6.45, 7) is 3.08. The molecule has 0 saturated heterocycles. The molecule has 0 aliphatic carbocycles. The van der Waals surface area contributed by atoms with Gasteiger partial charge in [0.2, 0.25) is 0 Å². The van der Waals surface area contributed by atoms with E-state index >= 15 is 0 Å². The summed E-state index contributed by atoms with van der Waals surface area (Å²) in [6.07, 6.45) is 21.8. The first-order chi connectivity index (χ1) is 14.1. The molecule has 3 heteroatoms. The van der Waals surface area contributed by atoms with E-state index < -0.39 is 0 Å². The molecule has 166 valence electrons. The maximum absolute atomic E-state index is 12.3. The zero-order valence-corrected chi connectivity index (χ0v) is 19.1. The molecule has 0 spiro atoms. The molecule has 0 fully saturated rings. The van der Waals surface area contributed by atoms with Gasteiger partial charge in [-0.15, -0.1) is 0 Å². The predicted octanol–water partition coefficient (Wildman–Crippen LogP) is 7.73. The Morgan fingerprint density at radius 2 is 1.07 bits per heavy atom. The average molecular weight is 404 g/mol. The van der Waals surface area contributed by atoms with Crippen LogP contribution in [-0.4, -0.2) is 29.5 Å². The molecule has 0 unspecified atom stereocenters. The van der Waals surface area contributed by atoms with Gasteiger partial charge in [0.1, 0.15) is 5.75 Å². The summed E-state index contributed by atoms with van der Waals surface area (Å²) in [7, 11) is 1.86. The van der Waals surface area contributed by atoms with Crippen molar-refractivity contribution in [3.05, 3.63) is 29.8 Å². The smallest absolute Gasteiger partial charge is 0.253 e. The summed E-state index contributed by atoms with van der Waals surface area (Å²) >= 11 is 0. The lowest BCUT2D eigenvalue weighted by molar-refractivity contribution is 0.0792. The van der Waals surface area contributed by atoms with E-state index in [9.17, 15) is 9.90 Å². The van der Waals surface area contributed by atoms with E-state index in [2.05, 4.69) is 6.92 Å². The van der Waals surface area contributed by atoms with Gasteiger partial charge in [-0.1, -0.05) is 103 Å². The lowest BCUT2D eigenvalue weighted by atomic mass is 10.0. The molecule has 0 radical (unpaired) electrons. The molecule has 1 rings (SSSR count). The fraction of sp³-hybridized carbons (Fsp3) is 0.731. The minimum absolute atomic E-state index is 0.0333. The SMILES string of the molecule is CCCCCCCCCCCCCCCCCCN(C)C(=O)c1ccc(O)cc1. The van der Waals surface area contributed by atoms with Crippen molar-refractivity contribution in [2.45, 2.75) is 110 Å². The van der Waals surface area contributed by atoms with E-state index in [1.54, 1.807) is 29.2 Å². The minimum Gasteiger partial charge on any atom is -0.508 e. The lowest BCUT2D eigenvalue weighted by Crippen LogP contribution is -2.27. The third-order valence-electron chi connectivity index (χ3n) is 5.81. The molecule has 1 aromatic carbocycles. The Morgan fingerprint density at radius 3 is 1.48 bits per heavy atom. The number of hydrogen-bond donors (Lipinski definition) is 1. The number of phenolic OH excluding ortho intramolecular Hbond substituents is 1. The second-order valence-corrected chi connectivity index (χ2v) is 8.58. The predicted molar refractivity (Wildman–Crippen MR) is 125 cm³/mol. The number of carbonyl (C=O) groups is 1. The van der Waals surface area contributed by atoms with Gasteiger partial charge in [-0.25, -0.2) is 0 Å². The molecule has 29 heavy (non-hydrogen) atoms. The van der Waals surface area contributed by atoms with Crippen molar-refractivity contribution in [1.29, 1.82) is 0 Å². The first-order valence-electron chi connectivity index (χ1n) is 12.2. The summed E-state index contributed by atoms with van der Waals surface area (Å²) < 4.78 is 0. The number of hydrogen-bond acceptors (Lipinski definition) is 2. The third-order valence-corrected chi connectivity index (χ3v) is 5.81. The summed E-state index contributed by atoms with van der Waals surface area (Å²) in [6, 6.07) is 6.50. The number of phenols is 1. The van der Waals surface area contributed by atoms with E-state index in [1.807, 2.05) is 7.05 Å². The molecule has 0 atom stereocenters. The Balaban J connectivity index is 1.86. The fourth-order valence-electron chi connectivity index (χ4n) is 3.82. The van der Waals surface area contributed by atoms with E-state index in [0.29, 0.717) is 5.56 Å². The van der Waals surface area contributed by atoms with Gasteiger partial charge in [0, 0.05) is 19.2 Å². The molecule has 3 nitrogen and oxygen atoms in total. The van der Waals surface area contributed by atoms with Crippen LogP contribution in [-0.2, 0) is 0 Å². The number of nitrogens with zero attached hydrogens (tertiary/aromatic N) is 1. The average Bonchev–Trinajstić information content (AvgIpc) is 2.73. The molecule has 0 aromatic heterocycles. The Labute approximate surface area is 179 Å². The number of unbranched alkanes of at least 4 members (excludes halogenated alkanes) is 15. The largest absolute Gasteiger partial charge is 0.508 e. The summed E-state index contributed by atoms with van der Waals surface area (Å²) in [5, 5.41) is 9.31. The van der Waals surface area contributed by atoms with Gasteiger partial charge in [0.15, 0.2) is 0 Å². The number of carbonyl (C=O) groups excluding carboxylic acids is 1. The molecule has 0 bridgehead atoms. The lowest BCUT2D eigenvalue weighted by Gasteiger charge is -2.17. The van der Waals surface area contributed by atoms with Crippen molar-refractivity contribution < 1.29 is 9.90 Å². The quantitative estimate of drug-likeness (QED) is 0.255. The van der Waals surface area contributed by atoms with Gasteiger partial charge in [0.25, 0.3) is 5.91 Å². The van der Waals surface area contributed by atoms with Crippen LogP contribution in [0, 0.1) is 0 Å². The maximum Gasteiger partial charge on any atom is 0.253 e. The monoisotopic (exact) mass is 403 g/mol. The van der Waals surface area contributed by atoms with E-state index in [4.69, 9.17) is 0 Å². The van der Waals surface area contributed by atoms with Crippen LogP contribution in [0.15, 0.2) is 24.3 Å². The summed E-state index contributed by atoms with van der Waals surface area (Å²) in [5.74, 6) is 0.230. The van der Waals surface area contributed by atoms with Crippen LogP contribution >= 0.6 is 0 Å². The van der Waals surface area contributed by atoms with Crippen LogP contribution in [0.2, 0.25) is 0 Å². The first-order valence-corrected chi connectivity index (χ1v) is 12.2. The highest BCUT2D eigenvalue weighted by molar-refractivity contribution is 5.94. The highest BCUT2D eigenvalue weighted by atomic mass is 16.3. The van der Waals surface area contributed by atoms with Crippen LogP contribution < -0.4 is 0 Å². The standard InChI is InChI=1S/C26H45NO2/c1-3-4-5-6-7-8-9-10-11-12-13-14-15-16-17-18-23-27(2)26(29)24-19-21-25(28)22-20-24/h19-22,28H,3-18,23H2,1-2H3. The highest BCUT2D eigenvalue weighted by Gasteiger charge is 2.10.